The summed E-state index contributed by atoms with van der Waals surface area (Å²) in [6.45, 7) is 0. The topological polar surface area (TPSA) is 48.8 Å². The molecule has 0 radical (unpaired) electrons. The number of hydrogen-bond donors (Lipinski definition) is 0. The summed E-state index contributed by atoms with van der Waals surface area (Å²) in [6.07, 6.45) is 7.32. The molecule has 0 amide bonds. The molecule has 4 aromatic carbocycles. The molecular formula is C31H23IrN4O. The van der Waals surface area contributed by atoms with Gasteiger partial charge in [-0.1, -0.05) is 35.9 Å². The van der Waals surface area contributed by atoms with E-state index in [1.807, 2.05) is 79.1 Å². The summed E-state index contributed by atoms with van der Waals surface area (Å²) in [5, 5.41) is 10.6. The second-order valence-corrected chi connectivity index (χ2v) is 7.92. The van der Waals surface area contributed by atoms with Crippen molar-refractivity contribution in [3.05, 3.63) is 141 Å². The van der Waals surface area contributed by atoms with Crippen LogP contribution in [0.25, 0.3) is 44.4 Å². The molecule has 0 atom stereocenters. The fraction of sp³-hybridized carbons (Fsp3) is 0. The number of fused-ring (bicyclic) bond motifs is 3. The SMILES string of the molecule is [CH3-].[Ir+3].[c-]1cc(-c2ccc3c(c2)oc2ccccc23)ccc1-n1cccn1.[c-]1ccccc1-n1cccn1. The summed E-state index contributed by atoms with van der Waals surface area (Å²) < 4.78 is 9.55. The molecule has 0 aliphatic rings. The third-order valence-corrected chi connectivity index (χ3v) is 5.70. The van der Waals surface area contributed by atoms with Gasteiger partial charge in [0.25, 0.3) is 0 Å². The molecule has 7 aromatic rings. The number of para-hydroxylation sites is 2. The molecule has 0 spiro atoms. The Labute approximate surface area is 229 Å². The second kappa shape index (κ2) is 11.7. The third kappa shape index (κ3) is 5.46. The molecule has 5 nitrogen and oxygen atoms in total. The van der Waals surface area contributed by atoms with E-state index < -0.39 is 0 Å². The fourth-order valence-corrected chi connectivity index (χ4v) is 3.99. The molecular weight excluding hydrogens is 637 g/mol. The van der Waals surface area contributed by atoms with Gasteiger partial charge in [-0.2, -0.15) is 52.7 Å². The van der Waals surface area contributed by atoms with Crippen molar-refractivity contribution in [1.29, 1.82) is 0 Å². The van der Waals surface area contributed by atoms with Crippen molar-refractivity contribution in [2.75, 3.05) is 0 Å². The van der Waals surface area contributed by atoms with Crippen LogP contribution >= 0.6 is 0 Å². The molecule has 7 rings (SSSR count). The van der Waals surface area contributed by atoms with Crippen molar-refractivity contribution in [1.82, 2.24) is 19.6 Å². The summed E-state index contributed by atoms with van der Waals surface area (Å²) in [5.41, 5.74) is 5.94. The zero-order chi connectivity index (χ0) is 23.5. The van der Waals surface area contributed by atoms with Gasteiger partial charge in [0.05, 0.1) is 0 Å². The predicted molar refractivity (Wildman–Crippen MR) is 144 cm³/mol. The van der Waals surface area contributed by atoms with Crippen molar-refractivity contribution in [2.45, 2.75) is 0 Å². The number of nitrogens with zero attached hydrogens (tertiary/aromatic N) is 4. The Morgan fingerprint density at radius 3 is 1.95 bits per heavy atom. The summed E-state index contributed by atoms with van der Waals surface area (Å²) in [5.74, 6) is 0. The zero-order valence-electron chi connectivity index (χ0n) is 20.1. The normalized spacial score (nSPS) is 10.3. The van der Waals surface area contributed by atoms with E-state index in [2.05, 4.69) is 52.7 Å². The van der Waals surface area contributed by atoms with E-state index in [9.17, 15) is 0 Å². The summed E-state index contributed by atoms with van der Waals surface area (Å²) in [6, 6.07) is 38.4. The van der Waals surface area contributed by atoms with Crippen LogP contribution < -0.4 is 0 Å². The monoisotopic (exact) mass is 660 g/mol. The van der Waals surface area contributed by atoms with Gasteiger partial charge < -0.3 is 11.8 Å². The van der Waals surface area contributed by atoms with E-state index in [0.29, 0.717) is 0 Å². The number of benzene rings is 4. The summed E-state index contributed by atoms with van der Waals surface area (Å²) in [7, 11) is 0. The van der Waals surface area contributed by atoms with Gasteiger partial charge in [-0.3, -0.25) is 9.36 Å². The van der Waals surface area contributed by atoms with Gasteiger partial charge in [0, 0.05) is 35.6 Å². The van der Waals surface area contributed by atoms with Crippen molar-refractivity contribution >= 4 is 21.9 Å². The first-order valence-corrected chi connectivity index (χ1v) is 11.3. The van der Waals surface area contributed by atoms with Crippen molar-refractivity contribution in [3.63, 3.8) is 0 Å². The Morgan fingerprint density at radius 2 is 1.30 bits per heavy atom. The Hall–Kier alpha value is -4.25. The number of hydrogen-bond acceptors (Lipinski definition) is 3. The standard InChI is InChI=1S/C21H13N2O.C9H7N2.CH3.Ir/c1-2-5-20-18(4-1)19-11-8-16(14-21(19)24-20)15-6-9-17(10-7-15)23-13-3-12-22-23;1-2-5-9(6-3-1)11-8-4-7-10-11;;/h1-9,11-14H;1-5,7-8H;1H3;/q3*-1;+3. The first-order valence-electron chi connectivity index (χ1n) is 11.3. The Morgan fingerprint density at radius 1 is 0.622 bits per heavy atom. The van der Waals surface area contributed by atoms with Gasteiger partial charge in [-0.25, -0.2) is 0 Å². The molecule has 0 saturated heterocycles. The van der Waals surface area contributed by atoms with E-state index in [0.717, 1.165) is 44.4 Å². The molecule has 3 heterocycles. The molecule has 182 valence electrons. The molecule has 6 heteroatoms. The number of rotatable bonds is 3. The molecule has 0 unspecified atom stereocenters. The zero-order valence-corrected chi connectivity index (χ0v) is 22.5. The van der Waals surface area contributed by atoms with Crippen LogP contribution in [-0.2, 0) is 20.1 Å². The van der Waals surface area contributed by atoms with E-state index in [4.69, 9.17) is 4.42 Å². The van der Waals surface area contributed by atoms with Crippen LogP contribution in [0.1, 0.15) is 0 Å². The van der Waals surface area contributed by atoms with Gasteiger partial charge in [0.2, 0.25) is 0 Å². The van der Waals surface area contributed by atoms with Crippen molar-refractivity contribution < 1.29 is 24.5 Å². The van der Waals surface area contributed by atoms with E-state index in [-0.39, 0.29) is 27.5 Å². The molecule has 0 saturated carbocycles. The second-order valence-electron chi connectivity index (χ2n) is 7.92. The Balaban J connectivity index is 0.000000209. The average Bonchev–Trinajstić information content (AvgIpc) is 3.71. The quantitative estimate of drug-likeness (QED) is 0.186. The number of aromatic nitrogens is 4. The molecule has 37 heavy (non-hydrogen) atoms. The minimum Gasteiger partial charge on any atom is -0.456 e. The van der Waals surface area contributed by atoms with E-state index in [1.54, 1.807) is 21.8 Å². The van der Waals surface area contributed by atoms with Crippen molar-refractivity contribution in [3.8, 4) is 22.5 Å². The van der Waals surface area contributed by atoms with Crippen LogP contribution in [-0.4, -0.2) is 19.6 Å². The van der Waals surface area contributed by atoms with Crippen LogP contribution in [0.15, 0.2) is 126 Å². The van der Waals surface area contributed by atoms with Crippen LogP contribution in [0.2, 0.25) is 0 Å². The van der Waals surface area contributed by atoms with E-state index in [1.165, 1.54) is 0 Å². The number of furan rings is 1. The summed E-state index contributed by atoms with van der Waals surface area (Å²) >= 11 is 0. The van der Waals surface area contributed by atoms with Gasteiger partial charge in [-0.05, 0) is 35.6 Å². The fourth-order valence-electron chi connectivity index (χ4n) is 3.99. The molecule has 0 N–H and O–H groups in total. The maximum absolute atomic E-state index is 5.97. The smallest absolute Gasteiger partial charge is 0.456 e. The molecule has 0 bridgehead atoms. The van der Waals surface area contributed by atoms with Crippen molar-refractivity contribution in [2.24, 2.45) is 0 Å². The minimum absolute atomic E-state index is 0. The summed E-state index contributed by atoms with van der Waals surface area (Å²) in [4.78, 5) is 0. The van der Waals surface area contributed by atoms with E-state index >= 15 is 0 Å². The predicted octanol–water partition coefficient (Wildman–Crippen LogP) is 7.36. The van der Waals surface area contributed by atoms with Crippen LogP contribution in [0, 0.1) is 19.6 Å². The minimum atomic E-state index is 0. The van der Waals surface area contributed by atoms with Gasteiger partial charge in [0.15, 0.2) is 0 Å². The van der Waals surface area contributed by atoms with Crippen LogP contribution in [0.3, 0.4) is 0 Å². The van der Waals surface area contributed by atoms with Crippen LogP contribution in [0.4, 0.5) is 0 Å². The molecule has 0 fully saturated rings. The largest absolute Gasteiger partial charge is 3.00 e. The maximum atomic E-state index is 5.97. The first-order chi connectivity index (χ1) is 17.3. The molecule has 0 aliphatic carbocycles. The Bertz CT molecular complexity index is 1670. The Kier molecular flexibility index (Phi) is 8.14. The first kappa shape index (κ1) is 25.8. The van der Waals surface area contributed by atoms with Gasteiger partial charge in [-0.15, -0.1) is 17.7 Å². The molecule has 3 aromatic heterocycles. The third-order valence-electron chi connectivity index (χ3n) is 5.70. The van der Waals surface area contributed by atoms with Gasteiger partial charge >= 0.3 is 20.1 Å². The van der Waals surface area contributed by atoms with Crippen LogP contribution in [0.5, 0.6) is 0 Å². The van der Waals surface area contributed by atoms with Gasteiger partial charge in [0.1, 0.15) is 11.2 Å². The molecule has 0 aliphatic heterocycles. The average molecular weight is 660 g/mol. The maximum Gasteiger partial charge on any atom is 3.00 e.